The minimum atomic E-state index is -4.40. The number of aromatic nitrogens is 3. The molecule has 0 bridgehead atoms. The predicted octanol–water partition coefficient (Wildman–Crippen LogP) is 4.79. The first-order chi connectivity index (χ1) is 15.1. The van der Waals surface area contributed by atoms with Crippen LogP contribution in [0.15, 0.2) is 30.3 Å². The van der Waals surface area contributed by atoms with E-state index in [9.17, 15) is 18.3 Å². The molecule has 0 amide bonds. The molecule has 2 aromatic heterocycles. The van der Waals surface area contributed by atoms with Crippen LogP contribution in [-0.2, 0) is 6.18 Å². The Labute approximate surface area is 184 Å². The molecule has 0 saturated carbocycles. The normalized spacial score (nSPS) is 16.4. The molecule has 0 radical (unpaired) electrons. The fourth-order valence-corrected chi connectivity index (χ4v) is 4.08. The van der Waals surface area contributed by atoms with Gasteiger partial charge in [-0.2, -0.15) is 18.3 Å². The second kappa shape index (κ2) is 8.54. The molecule has 9 heteroatoms. The van der Waals surface area contributed by atoms with Crippen LogP contribution in [0.25, 0.3) is 10.9 Å². The zero-order valence-corrected chi connectivity index (χ0v) is 18.2. The molecule has 1 atom stereocenters. The van der Waals surface area contributed by atoms with Crippen molar-refractivity contribution in [3.63, 3.8) is 0 Å². The van der Waals surface area contributed by atoms with Crippen LogP contribution in [0.1, 0.15) is 48.3 Å². The highest BCUT2D eigenvalue weighted by molar-refractivity contribution is 5.93. The molecule has 3 heterocycles. The number of benzene rings is 1. The molecule has 2 N–H and O–H groups in total. The summed E-state index contributed by atoms with van der Waals surface area (Å²) in [6.45, 7) is 7.03. The fraction of sp³-hybridized carbons (Fsp3) is 0.435. The number of rotatable bonds is 4. The third-order valence-electron chi connectivity index (χ3n) is 5.96. The lowest BCUT2D eigenvalue weighted by Crippen LogP contribution is -2.36. The summed E-state index contributed by atoms with van der Waals surface area (Å²) < 4.78 is 39.4. The topological polar surface area (TPSA) is 74.2 Å². The molecule has 4 rings (SSSR count). The zero-order chi connectivity index (χ0) is 23.0. The van der Waals surface area contributed by atoms with Crippen molar-refractivity contribution in [2.75, 3.05) is 23.3 Å². The van der Waals surface area contributed by atoms with Crippen molar-refractivity contribution >= 4 is 22.4 Å². The van der Waals surface area contributed by atoms with E-state index in [2.05, 4.69) is 20.4 Å². The minimum Gasteiger partial charge on any atom is -0.393 e. The van der Waals surface area contributed by atoms with Crippen molar-refractivity contribution in [3.05, 3.63) is 52.8 Å². The van der Waals surface area contributed by atoms with Gasteiger partial charge in [-0.3, -0.25) is 0 Å². The number of hydrogen-bond donors (Lipinski definition) is 2. The van der Waals surface area contributed by atoms with Gasteiger partial charge in [-0.15, -0.1) is 5.10 Å². The van der Waals surface area contributed by atoms with E-state index in [1.807, 2.05) is 19.9 Å². The molecule has 1 aliphatic heterocycles. The van der Waals surface area contributed by atoms with E-state index in [0.29, 0.717) is 35.4 Å². The van der Waals surface area contributed by atoms with E-state index in [4.69, 9.17) is 4.98 Å². The number of anilines is 2. The third-order valence-corrected chi connectivity index (χ3v) is 5.96. The van der Waals surface area contributed by atoms with Gasteiger partial charge in [0.1, 0.15) is 0 Å². The summed E-state index contributed by atoms with van der Waals surface area (Å²) in [4.78, 5) is 6.96. The summed E-state index contributed by atoms with van der Waals surface area (Å²) in [7, 11) is 0. The molecule has 0 spiro atoms. The maximum atomic E-state index is 13.1. The van der Waals surface area contributed by atoms with Gasteiger partial charge in [0, 0.05) is 18.5 Å². The maximum absolute atomic E-state index is 13.1. The van der Waals surface area contributed by atoms with E-state index in [1.165, 1.54) is 6.07 Å². The molecule has 6 nitrogen and oxygen atoms in total. The monoisotopic (exact) mass is 445 g/mol. The van der Waals surface area contributed by atoms with Crippen LogP contribution >= 0.6 is 0 Å². The zero-order valence-electron chi connectivity index (χ0n) is 18.2. The highest BCUT2D eigenvalue weighted by Crippen LogP contribution is 2.34. The van der Waals surface area contributed by atoms with Gasteiger partial charge >= 0.3 is 6.18 Å². The Morgan fingerprint density at radius 3 is 2.50 bits per heavy atom. The quantitative estimate of drug-likeness (QED) is 0.601. The predicted molar refractivity (Wildman–Crippen MR) is 118 cm³/mol. The highest BCUT2D eigenvalue weighted by Gasteiger charge is 2.31. The third kappa shape index (κ3) is 4.48. The number of fused-ring (bicyclic) bond motifs is 1. The SMILES string of the molecule is Cc1nc2c(C)nnc(N[C@H](C)c3cccc(C(F)(F)F)c3)c2cc1N1CCC(O)CC1. The van der Waals surface area contributed by atoms with E-state index in [1.54, 1.807) is 13.0 Å². The van der Waals surface area contributed by atoms with Gasteiger partial charge in [0.05, 0.1) is 40.3 Å². The van der Waals surface area contributed by atoms with Crippen molar-refractivity contribution in [2.24, 2.45) is 0 Å². The molecule has 170 valence electrons. The van der Waals surface area contributed by atoms with E-state index < -0.39 is 17.8 Å². The Morgan fingerprint density at radius 2 is 1.81 bits per heavy atom. The molecular weight excluding hydrogens is 419 g/mol. The number of nitrogens with one attached hydrogen (secondary N) is 1. The minimum absolute atomic E-state index is 0.279. The molecule has 32 heavy (non-hydrogen) atoms. The molecular formula is C23H26F3N5O. The van der Waals surface area contributed by atoms with Crippen molar-refractivity contribution in [2.45, 2.75) is 51.9 Å². The number of hydrogen-bond acceptors (Lipinski definition) is 6. The number of nitrogens with zero attached hydrogens (tertiary/aromatic N) is 4. The van der Waals surface area contributed by atoms with Gasteiger partial charge in [-0.1, -0.05) is 12.1 Å². The van der Waals surface area contributed by atoms with Gasteiger partial charge < -0.3 is 15.3 Å². The summed E-state index contributed by atoms with van der Waals surface area (Å²) in [6.07, 6.45) is -3.28. The number of aryl methyl sites for hydroxylation is 2. The van der Waals surface area contributed by atoms with Crippen molar-refractivity contribution in [3.8, 4) is 0 Å². The lowest BCUT2D eigenvalue weighted by molar-refractivity contribution is -0.137. The van der Waals surface area contributed by atoms with Crippen LogP contribution in [0.4, 0.5) is 24.7 Å². The van der Waals surface area contributed by atoms with Gasteiger partial charge in [0.15, 0.2) is 5.82 Å². The van der Waals surface area contributed by atoms with E-state index in [0.717, 1.165) is 42.0 Å². The Morgan fingerprint density at radius 1 is 1.09 bits per heavy atom. The molecule has 3 aromatic rings. The summed E-state index contributed by atoms with van der Waals surface area (Å²) in [5.41, 5.74) is 3.03. The molecule has 1 fully saturated rings. The lowest BCUT2D eigenvalue weighted by atomic mass is 10.0. The summed E-state index contributed by atoms with van der Waals surface area (Å²) in [5, 5.41) is 22.3. The maximum Gasteiger partial charge on any atom is 0.416 e. The molecule has 1 saturated heterocycles. The smallest absolute Gasteiger partial charge is 0.393 e. The summed E-state index contributed by atoms with van der Waals surface area (Å²) in [5.74, 6) is 0.473. The van der Waals surface area contributed by atoms with Crippen LogP contribution in [0.3, 0.4) is 0 Å². The Balaban J connectivity index is 1.69. The van der Waals surface area contributed by atoms with Crippen LogP contribution in [0.2, 0.25) is 0 Å². The first-order valence-corrected chi connectivity index (χ1v) is 10.6. The first-order valence-electron chi connectivity index (χ1n) is 10.6. The number of aliphatic hydroxyl groups excluding tert-OH is 1. The van der Waals surface area contributed by atoms with Crippen LogP contribution in [-0.4, -0.2) is 39.5 Å². The molecule has 1 aromatic carbocycles. The Bertz CT molecular complexity index is 1130. The van der Waals surface area contributed by atoms with Crippen molar-refractivity contribution in [1.82, 2.24) is 15.2 Å². The Hall–Kier alpha value is -2.94. The highest BCUT2D eigenvalue weighted by atomic mass is 19.4. The van der Waals surface area contributed by atoms with Gasteiger partial charge in [-0.25, -0.2) is 4.98 Å². The molecule has 0 aliphatic carbocycles. The fourth-order valence-electron chi connectivity index (χ4n) is 4.08. The van der Waals surface area contributed by atoms with E-state index >= 15 is 0 Å². The second-order valence-electron chi connectivity index (χ2n) is 8.33. The number of alkyl halides is 3. The van der Waals surface area contributed by atoms with Crippen LogP contribution in [0, 0.1) is 13.8 Å². The average Bonchev–Trinajstić information content (AvgIpc) is 2.76. The van der Waals surface area contributed by atoms with Crippen molar-refractivity contribution < 1.29 is 18.3 Å². The van der Waals surface area contributed by atoms with Gasteiger partial charge in [0.2, 0.25) is 0 Å². The van der Waals surface area contributed by atoms with Crippen LogP contribution < -0.4 is 10.2 Å². The molecule has 0 unspecified atom stereocenters. The van der Waals surface area contributed by atoms with E-state index in [-0.39, 0.29) is 6.10 Å². The first kappa shape index (κ1) is 22.3. The molecule has 1 aliphatic rings. The largest absolute Gasteiger partial charge is 0.416 e. The Kier molecular flexibility index (Phi) is 5.94. The second-order valence-corrected chi connectivity index (χ2v) is 8.33. The summed E-state index contributed by atoms with van der Waals surface area (Å²) in [6, 6.07) is 6.86. The number of aliphatic hydroxyl groups is 1. The van der Waals surface area contributed by atoms with Gasteiger partial charge in [-0.05, 0) is 57.4 Å². The average molecular weight is 445 g/mol. The summed E-state index contributed by atoms with van der Waals surface area (Å²) >= 11 is 0. The number of piperidine rings is 1. The standard InChI is InChI=1S/C23H26F3N5O/c1-13(16-5-4-6-17(11-16)23(24,25)26)28-22-19-12-20(31-9-7-18(32)8-10-31)14(2)27-21(19)15(3)29-30-22/h4-6,11-13,18,32H,7-10H2,1-3H3,(H,28,30)/t13-/m1/s1. The lowest BCUT2D eigenvalue weighted by Gasteiger charge is -2.32. The van der Waals surface area contributed by atoms with Crippen LogP contribution in [0.5, 0.6) is 0 Å². The van der Waals surface area contributed by atoms with Crippen molar-refractivity contribution in [1.29, 1.82) is 0 Å². The number of pyridine rings is 1. The van der Waals surface area contributed by atoms with Gasteiger partial charge in [0.25, 0.3) is 0 Å². The number of halogens is 3.